The van der Waals surface area contributed by atoms with E-state index in [2.05, 4.69) is 27.7 Å². The molecule has 0 amide bonds. The van der Waals surface area contributed by atoms with Crippen LogP contribution in [0.25, 0.3) is 0 Å². The number of aryl methyl sites for hydroxylation is 1. The smallest absolute Gasteiger partial charge is 0.104 e. The highest BCUT2D eigenvalue weighted by Gasteiger charge is 2.05. The van der Waals surface area contributed by atoms with Gasteiger partial charge in [0, 0.05) is 26.0 Å². The first-order chi connectivity index (χ1) is 8.29. The minimum absolute atomic E-state index is 0.671. The van der Waals surface area contributed by atoms with Crippen LogP contribution in [-0.4, -0.2) is 31.3 Å². The Kier molecular flexibility index (Phi) is 3.87. The largest absolute Gasteiger partial charge is 0.311 e. The van der Waals surface area contributed by atoms with E-state index in [1.165, 1.54) is 5.69 Å². The average molecular weight is 234 g/mol. The lowest BCUT2D eigenvalue weighted by molar-refractivity contribution is 0.586. The summed E-state index contributed by atoms with van der Waals surface area (Å²) in [6.45, 7) is 4.69. The molecule has 0 aliphatic carbocycles. The van der Waals surface area contributed by atoms with E-state index in [0.29, 0.717) is 6.54 Å². The molecule has 2 rings (SSSR count). The summed E-state index contributed by atoms with van der Waals surface area (Å²) in [7, 11) is 1.86. The third-order valence-corrected chi connectivity index (χ3v) is 2.50. The standard InChI is InChI=1S/C11H18N6/c1-3-5-12-7-11-4-6-13-17(11)9-10-8-16(2)15-14-10/h4,6,8,12H,3,5,7,9H2,1-2H3. The van der Waals surface area contributed by atoms with E-state index in [1.54, 1.807) is 4.68 Å². The molecule has 0 spiro atoms. The van der Waals surface area contributed by atoms with Crippen LogP contribution in [0.4, 0.5) is 0 Å². The summed E-state index contributed by atoms with van der Waals surface area (Å²) in [5.41, 5.74) is 2.09. The van der Waals surface area contributed by atoms with Gasteiger partial charge >= 0.3 is 0 Å². The Hall–Kier alpha value is -1.69. The van der Waals surface area contributed by atoms with Crippen molar-refractivity contribution in [3.05, 3.63) is 29.8 Å². The third kappa shape index (κ3) is 3.13. The van der Waals surface area contributed by atoms with E-state index < -0.39 is 0 Å². The number of aromatic nitrogens is 5. The van der Waals surface area contributed by atoms with E-state index in [-0.39, 0.29) is 0 Å². The quantitative estimate of drug-likeness (QED) is 0.742. The molecule has 2 aromatic rings. The molecule has 0 radical (unpaired) electrons. The lowest BCUT2D eigenvalue weighted by Crippen LogP contribution is -2.17. The zero-order chi connectivity index (χ0) is 12.1. The summed E-state index contributed by atoms with van der Waals surface area (Å²) in [5, 5.41) is 15.6. The maximum Gasteiger partial charge on any atom is 0.104 e. The van der Waals surface area contributed by atoms with Crippen LogP contribution >= 0.6 is 0 Å². The highest BCUT2D eigenvalue weighted by molar-refractivity contribution is 5.03. The van der Waals surface area contributed by atoms with Crippen molar-refractivity contribution >= 4 is 0 Å². The molecule has 0 aromatic carbocycles. The number of nitrogens with one attached hydrogen (secondary N) is 1. The topological polar surface area (TPSA) is 60.6 Å². The fraction of sp³-hybridized carbons (Fsp3) is 0.545. The van der Waals surface area contributed by atoms with Crippen LogP contribution in [0.3, 0.4) is 0 Å². The van der Waals surface area contributed by atoms with Gasteiger partial charge < -0.3 is 5.32 Å². The first kappa shape index (κ1) is 11.8. The van der Waals surface area contributed by atoms with Crippen LogP contribution in [0.2, 0.25) is 0 Å². The fourth-order valence-corrected chi connectivity index (χ4v) is 1.67. The molecule has 1 N–H and O–H groups in total. The first-order valence-electron chi connectivity index (χ1n) is 5.86. The second-order valence-corrected chi connectivity index (χ2v) is 4.04. The summed E-state index contributed by atoms with van der Waals surface area (Å²) in [6, 6.07) is 2.03. The number of hydrogen-bond donors (Lipinski definition) is 1. The van der Waals surface area contributed by atoms with E-state index in [4.69, 9.17) is 0 Å². The van der Waals surface area contributed by atoms with Gasteiger partial charge in [0.1, 0.15) is 5.69 Å². The first-order valence-corrected chi connectivity index (χ1v) is 5.86. The normalized spacial score (nSPS) is 10.9. The summed E-state index contributed by atoms with van der Waals surface area (Å²) < 4.78 is 3.65. The number of rotatable bonds is 6. The van der Waals surface area contributed by atoms with Gasteiger partial charge in [-0.25, -0.2) is 0 Å². The van der Waals surface area contributed by atoms with Crippen molar-refractivity contribution in [2.45, 2.75) is 26.4 Å². The summed E-state index contributed by atoms with van der Waals surface area (Å²) in [5.74, 6) is 0. The van der Waals surface area contributed by atoms with Crippen LogP contribution in [0.15, 0.2) is 18.5 Å². The Labute approximate surface area is 101 Å². The second kappa shape index (κ2) is 5.58. The molecule has 2 heterocycles. The van der Waals surface area contributed by atoms with Gasteiger partial charge in [-0.15, -0.1) is 5.10 Å². The minimum atomic E-state index is 0.671. The molecule has 0 aliphatic heterocycles. The van der Waals surface area contributed by atoms with Crippen molar-refractivity contribution in [1.29, 1.82) is 0 Å². The van der Waals surface area contributed by atoms with Crippen molar-refractivity contribution in [2.75, 3.05) is 6.54 Å². The summed E-state index contributed by atoms with van der Waals surface area (Å²) >= 11 is 0. The maximum atomic E-state index is 4.30. The summed E-state index contributed by atoms with van der Waals surface area (Å²) in [6.07, 6.45) is 4.86. The van der Waals surface area contributed by atoms with Gasteiger partial charge in [-0.05, 0) is 19.0 Å². The Morgan fingerprint density at radius 3 is 3.00 bits per heavy atom. The van der Waals surface area contributed by atoms with Gasteiger partial charge in [0.25, 0.3) is 0 Å². The van der Waals surface area contributed by atoms with Crippen molar-refractivity contribution in [2.24, 2.45) is 7.05 Å². The van der Waals surface area contributed by atoms with Crippen molar-refractivity contribution in [3.8, 4) is 0 Å². The van der Waals surface area contributed by atoms with Crippen LogP contribution in [-0.2, 0) is 20.1 Å². The lowest BCUT2D eigenvalue weighted by Gasteiger charge is -2.06. The Balaban J connectivity index is 1.98. The fourth-order valence-electron chi connectivity index (χ4n) is 1.67. The lowest BCUT2D eigenvalue weighted by atomic mass is 10.4. The maximum absolute atomic E-state index is 4.30. The van der Waals surface area contributed by atoms with Crippen molar-refractivity contribution in [3.63, 3.8) is 0 Å². The predicted octanol–water partition coefficient (Wildman–Crippen LogP) is 0.559. The Morgan fingerprint density at radius 1 is 1.41 bits per heavy atom. The molecular formula is C11H18N6. The van der Waals surface area contributed by atoms with Crippen LogP contribution in [0.5, 0.6) is 0 Å². The van der Waals surface area contributed by atoms with Gasteiger partial charge in [0.15, 0.2) is 0 Å². The molecule has 0 unspecified atom stereocenters. The van der Waals surface area contributed by atoms with Gasteiger partial charge in [0.05, 0.1) is 12.2 Å². The van der Waals surface area contributed by atoms with Gasteiger partial charge in [-0.3, -0.25) is 9.36 Å². The number of nitrogens with zero attached hydrogens (tertiary/aromatic N) is 5. The predicted molar refractivity (Wildman–Crippen MR) is 64.3 cm³/mol. The molecule has 0 atom stereocenters. The molecule has 6 nitrogen and oxygen atoms in total. The van der Waals surface area contributed by atoms with E-state index in [1.807, 2.05) is 30.2 Å². The number of hydrogen-bond acceptors (Lipinski definition) is 4. The SMILES string of the molecule is CCCNCc1ccnn1Cc1cn(C)nn1. The van der Waals surface area contributed by atoms with Gasteiger partial charge in [-0.2, -0.15) is 5.10 Å². The zero-order valence-electron chi connectivity index (χ0n) is 10.3. The van der Waals surface area contributed by atoms with E-state index in [9.17, 15) is 0 Å². The van der Waals surface area contributed by atoms with Crippen LogP contribution < -0.4 is 5.32 Å². The minimum Gasteiger partial charge on any atom is -0.311 e. The molecule has 6 heteroatoms. The molecule has 0 bridgehead atoms. The summed E-state index contributed by atoms with van der Waals surface area (Å²) in [4.78, 5) is 0. The van der Waals surface area contributed by atoms with Gasteiger partial charge in [0.2, 0.25) is 0 Å². The molecule has 0 aliphatic rings. The third-order valence-electron chi connectivity index (χ3n) is 2.50. The highest BCUT2D eigenvalue weighted by atomic mass is 15.4. The molecule has 0 saturated carbocycles. The molecular weight excluding hydrogens is 216 g/mol. The average Bonchev–Trinajstić information content (AvgIpc) is 2.90. The molecule has 0 fully saturated rings. The van der Waals surface area contributed by atoms with Crippen molar-refractivity contribution < 1.29 is 0 Å². The molecule has 0 saturated heterocycles. The van der Waals surface area contributed by atoms with Crippen LogP contribution in [0, 0.1) is 0 Å². The van der Waals surface area contributed by atoms with E-state index >= 15 is 0 Å². The zero-order valence-corrected chi connectivity index (χ0v) is 10.3. The Morgan fingerprint density at radius 2 is 2.29 bits per heavy atom. The van der Waals surface area contributed by atoms with E-state index in [0.717, 1.165) is 25.2 Å². The van der Waals surface area contributed by atoms with Crippen molar-refractivity contribution in [1.82, 2.24) is 30.1 Å². The molecule has 92 valence electrons. The molecule has 2 aromatic heterocycles. The second-order valence-electron chi connectivity index (χ2n) is 4.04. The van der Waals surface area contributed by atoms with Crippen LogP contribution in [0.1, 0.15) is 24.7 Å². The van der Waals surface area contributed by atoms with Gasteiger partial charge in [-0.1, -0.05) is 12.1 Å². The highest BCUT2D eigenvalue weighted by Crippen LogP contribution is 2.02. The monoisotopic (exact) mass is 234 g/mol. The molecule has 17 heavy (non-hydrogen) atoms. The Bertz CT molecular complexity index is 458.